The molecule has 208 valence electrons. The molecule has 0 amide bonds. The monoisotopic (exact) mass is 557 g/mol. The number of hydrogen-bond donors (Lipinski definition) is 0. The molecule has 7 nitrogen and oxygen atoms in total. The molecule has 0 radical (unpaired) electrons. The molecule has 0 spiro atoms. The van der Waals surface area contributed by atoms with E-state index in [-0.39, 0.29) is 12.1 Å². The smallest absolute Gasteiger partial charge is 0.348 e. The Bertz CT molecular complexity index is 1570. The minimum atomic E-state index is -0.315. The lowest BCUT2D eigenvalue weighted by atomic mass is 9.99. The van der Waals surface area contributed by atoms with Crippen molar-refractivity contribution in [2.24, 2.45) is 0 Å². The molecule has 0 aliphatic carbocycles. The highest BCUT2D eigenvalue weighted by atomic mass is 32.1. The lowest BCUT2D eigenvalue weighted by molar-refractivity contribution is -0.0591. The molecule has 2 aromatic carbocycles. The van der Waals surface area contributed by atoms with Crippen LogP contribution in [0.2, 0.25) is 0 Å². The Kier molecular flexibility index (Phi) is 7.74. The van der Waals surface area contributed by atoms with Crippen LogP contribution in [0, 0.1) is 13.8 Å². The van der Waals surface area contributed by atoms with Crippen LogP contribution in [0.25, 0.3) is 15.9 Å². The number of hydrogen-bond acceptors (Lipinski definition) is 7. The number of imidazole rings is 1. The maximum Gasteiger partial charge on any atom is 0.348 e. The van der Waals surface area contributed by atoms with E-state index in [1.54, 1.807) is 0 Å². The number of thiophene rings is 1. The molecular formula is C32H35N3O4S. The Balaban J connectivity index is 1.13. The van der Waals surface area contributed by atoms with Gasteiger partial charge in [0.05, 0.1) is 26.3 Å². The average Bonchev–Trinajstić information content (AvgIpc) is 3.48. The van der Waals surface area contributed by atoms with E-state index in [1.165, 1.54) is 46.3 Å². The first-order chi connectivity index (χ1) is 19.5. The zero-order valence-corrected chi connectivity index (χ0v) is 24.1. The number of carbonyl (C=O) groups is 1. The van der Waals surface area contributed by atoms with Crippen molar-refractivity contribution < 1.29 is 19.0 Å². The largest absolute Gasteiger partial charge is 0.489 e. The van der Waals surface area contributed by atoms with Gasteiger partial charge in [-0.2, -0.15) is 0 Å². The lowest BCUT2D eigenvalue weighted by Gasteiger charge is -2.29. The minimum absolute atomic E-state index is 0.206. The first-order valence-electron chi connectivity index (χ1n) is 13.9. The molecule has 1 unspecified atom stereocenters. The molecular weight excluding hydrogens is 522 g/mol. The quantitative estimate of drug-likeness (QED) is 0.230. The number of aryl methyl sites for hydroxylation is 2. The third-order valence-corrected chi connectivity index (χ3v) is 8.95. The van der Waals surface area contributed by atoms with Crippen molar-refractivity contribution in [3.63, 3.8) is 0 Å². The number of carbonyl (C=O) groups excluding carboxylic acids is 1. The van der Waals surface area contributed by atoms with Crippen LogP contribution >= 0.6 is 11.3 Å². The number of rotatable bonds is 9. The minimum Gasteiger partial charge on any atom is -0.489 e. The molecule has 40 heavy (non-hydrogen) atoms. The summed E-state index contributed by atoms with van der Waals surface area (Å²) >= 11 is 1.45. The van der Waals surface area contributed by atoms with Crippen LogP contribution in [0.5, 0.6) is 5.75 Å². The van der Waals surface area contributed by atoms with E-state index in [9.17, 15) is 4.79 Å². The van der Waals surface area contributed by atoms with Gasteiger partial charge >= 0.3 is 5.97 Å². The number of fused-ring (bicyclic) bond motifs is 1. The van der Waals surface area contributed by atoms with Crippen LogP contribution in [-0.4, -0.2) is 53.3 Å². The molecule has 4 heterocycles. The lowest BCUT2D eigenvalue weighted by Crippen LogP contribution is -2.33. The van der Waals surface area contributed by atoms with Crippen molar-refractivity contribution in [1.82, 2.24) is 14.5 Å². The molecule has 1 fully saturated rings. The number of aromatic nitrogens is 2. The predicted octanol–water partition coefficient (Wildman–Crippen LogP) is 6.16. The highest BCUT2D eigenvalue weighted by Crippen LogP contribution is 2.31. The molecule has 1 saturated heterocycles. The fraction of sp³-hybridized carbons (Fsp3) is 0.375. The van der Waals surface area contributed by atoms with Crippen molar-refractivity contribution in [3.05, 3.63) is 87.6 Å². The molecule has 0 N–H and O–H groups in total. The summed E-state index contributed by atoms with van der Waals surface area (Å²) in [4.78, 5) is 21.0. The van der Waals surface area contributed by atoms with Gasteiger partial charge in [0, 0.05) is 19.7 Å². The van der Waals surface area contributed by atoms with Crippen molar-refractivity contribution >= 4 is 33.2 Å². The number of methoxy groups -OCH3 is 1. The maximum absolute atomic E-state index is 12.1. The van der Waals surface area contributed by atoms with Gasteiger partial charge in [0.25, 0.3) is 0 Å². The van der Waals surface area contributed by atoms with E-state index >= 15 is 0 Å². The van der Waals surface area contributed by atoms with E-state index in [0.29, 0.717) is 11.5 Å². The van der Waals surface area contributed by atoms with Crippen LogP contribution in [0.3, 0.4) is 0 Å². The predicted molar refractivity (Wildman–Crippen MR) is 158 cm³/mol. The summed E-state index contributed by atoms with van der Waals surface area (Å²) in [7, 11) is 1.41. The standard InChI is InChI=1S/C32H35N3O4S/c1-21-7-8-25(22(2)15-21)20-39-26-6-4-5-24(16-26)23-9-12-34(13-10-23)19-30-33-28-17-29(32(36)37-3)40-31(28)35(30)18-27-11-14-38-27/h4-9,15-17,27H,10-14,18-20H2,1-3H3. The molecule has 0 bridgehead atoms. The summed E-state index contributed by atoms with van der Waals surface area (Å²) in [5.41, 5.74) is 7.17. The van der Waals surface area contributed by atoms with Gasteiger partial charge in [-0.25, -0.2) is 9.78 Å². The highest BCUT2D eigenvalue weighted by Gasteiger charge is 2.25. The van der Waals surface area contributed by atoms with E-state index in [0.717, 1.165) is 67.5 Å². The summed E-state index contributed by atoms with van der Waals surface area (Å²) in [6.45, 7) is 8.96. The molecule has 2 aliphatic heterocycles. The van der Waals surface area contributed by atoms with Gasteiger partial charge in [0.15, 0.2) is 0 Å². The van der Waals surface area contributed by atoms with Gasteiger partial charge in [0.1, 0.15) is 33.4 Å². The Morgan fingerprint density at radius 3 is 2.77 bits per heavy atom. The van der Waals surface area contributed by atoms with E-state index in [1.807, 2.05) is 12.1 Å². The Morgan fingerprint density at radius 2 is 2.05 bits per heavy atom. The summed E-state index contributed by atoms with van der Waals surface area (Å²) < 4.78 is 19.1. The highest BCUT2D eigenvalue weighted by molar-refractivity contribution is 7.20. The van der Waals surface area contributed by atoms with Crippen molar-refractivity contribution in [2.45, 2.75) is 52.5 Å². The third-order valence-electron chi connectivity index (χ3n) is 7.82. The van der Waals surface area contributed by atoms with Crippen LogP contribution in [0.4, 0.5) is 0 Å². The number of esters is 1. The van der Waals surface area contributed by atoms with Crippen molar-refractivity contribution in [3.8, 4) is 5.75 Å². The molecule has 8 heteroatoms. The zero-order valence-electron chi connectivity index (χ0n) is 23.3. The van der Waals surface area contributed by atoms with Crippen LogP contribution < -0.4 is 4.74 Å². The van der Waals surface area contributed by atoms with Crippen molar-refractivity contribution in [1.29, 1.82) is 0 Å². The first kappa shape index (κ1) is 26.7. The first-order valence-corrected chi connectivity index (χ1v) is 14.7. The molecule has 0 saturated carbocycles. The molecule has 4 aromatic rings. The summed E-state index contributed by atoms with van der Waals surface area (Å²) in [5, 5.41) is 0. The summed E-state index contributed by atoms with van der Waals surface area (Å²) in [5.74, 6) is 1.60. The van der Waals surface area contributed by atoms with Crippen LogP contribution in [0.1, 0.15) is 50.6 Å². The second-order valence-electron chi connectivity index (χ2n) is 10.7. The van der Waals surface area contributed by atoms with Gasteiger partial charge in [-0.1, -0.05) is 42.0 Å². The molecule has 2 aromatic heterocycles. The van der Waals surface area contributed by atoms with Crippen LogP contribution in [-0.2, 0) is 29.2 Å². The van der Waals surface area contributed by atoms with Gasteiger partial charge in [-0.3, -0.25) is 4.90 Å². The normalized spacial score (nSPS) is 17.5. The van der Waals surface area contributed by atoms with E-state index < -0.39 is 0 Å². The van der Waals surface area contributed by atoms with Crippen molar-refractivity contribution in [2.75, 3.05) is 26.8 Å². The number of nitrogens with zero attached hydrogens (tertiary/aromatic N) is 3. The Labute approximate surface area is 239 Å². The number of benzene rings is 2. The van der Waals surface area contributed by atoms with Gasteiger partial charge < -0.3 is 18.8 Å². The second kappa shape index (κ2) is 11.6. The SMILES string of the molecule is COC(=O)c1cc2nc(CN3CC=C(c4cccc(OCc5ccc(C)cc5C)c4)CC3)n(CC3CCO3)c2s1. The average molecular weight is 558 g/mol. The van der Waals surface area contributed by atoms with Crippen LogP contribution in [0.15, 0.2) is 54.6 Å². The topological polar surface area (TPSA) is 65.8 Å². The second-order valence-corrected chi connectivity index (χ2v) is 11.7. The molecule has 1 atom stereocenters. The molecule has 2 aliphatic rings. The maximum atomic E-state index is 12.1. The Hall–Kier alpha value is -3.46. The molecule has 6 rings (SSSR count). The third kappa shape index (κ3) is 5.70. The van der Waals surface area contributed by atoms with E-state index in [2.05, 4.69) is 65.8 Å². The van der Waals surface area contributed by atoms with Gasteiger partial charge in [-0.05, 0) is 67.2 Å². The summed E-state index contributed by atoms with van der Waals surface area (Å²) in [6.07, 6.45) is 4.55. The zero-order chi connectivity index (χ0) is 27.6. The fourth-order valence-corrected chi connectivity index (χ4v) is 6.42. The fourth-order valence-electron chi connectivity index (χ4n) is 5.38. The van der Waals surface area contributed by atoms with E-state index in [4.69, 9.17) is 19.2 Å². The Morgan fingerprint density at radius 1 is 1.18 bits per heavy atom. The summed E-state index contributed by atoms with van der Waals surface area (Å²) in [6, 6.07) is 16.8. The number of ether oxygens (including phenoxy) is 3. The van der Waals surface area contributed by atoms with Gasteiger partial charge in [0.2, 0.25) is 0 Å². The van der Waals surface area contributed by atoms with Gasteiger partial charge in [-0.15, -0.1) is 11.3 Å².